The van der Waals surface area contributed by atoms with Gasteiger partial charge in [0.1, 0.15) is 0 Å². The zero-order valence-electron chi connectivity index (χ0n) is 11.7. The van der Waals surface area contributed by atoms with Crippen LogP contribution >= 0.6 is 0 Å². The molecule has 0 saturated carbocycles. The Balaban J connectivity index is 2.26. The molecule has 1 aromatic heterocycles. The van der Waals surface area contributed by atoms with Gasteiger partial charge in [-0.25, -0.2) is 0 Å². The van der Waals surface area contributed by atoms with Crippen LogP contribution in [0.1, 0.15) is 35.3 Å². The molecule has 1 atom stereocenters. The highest BCUT2D eigenvalue weighted by atomic mass is 15.3. The van der Waals surface area contributed by atoms with Gasteiger partial charge in [-0.3, -0.25) is 4.68 Å². The molecule has 2 rings (SSSR count). The van der Waals surface area contributed by atoms with Crippen molar-refractivity contribution >= 4 is 5.69 Å². The first-order chi connectivity index (χ1) is 9.01. The Morgan fingerprint density at radius 3 is 2.68 bits per heavy atom. The highest BCUT2D eigenvalue weighted by Crippen LogP contribution is 2.24. The fourth-order valence-electron chi connectivity index (χ4n) is 2.20. The monoisotopic (exact) mass is 254 g/mol. The molecule has 4 heteroatoms. The van der Waals surface area contributed by atoms with E-state index in [9.17, 15) is 0 Å². The van der Waals surface area contributed by atoms with Crippen molar-refractivity contribution in [3.05, 3.63) is 46.8 Å². The molecular weight excluding hydrogens is 236 g/mol. The predicted octanol–water partition coefficient (Wildman–Crippen LogP) is 3.08. The summed E-state index contributed by atoms with van der Waals surface area (Å²) in [6.45, 7) is 6.14. The lowest BCUT2D eigenvalue weighted by atomic mass is 10.1. The molecule has 19 heavy (non-hydrogen) atoms. The minimum absolute atomic E-state index is 0.154. The zero-order valence-corrected chi connectivity index (χ0v) is 11.7. The van der Waals surface area contributed by atoms with Crippen LogP contribution in [0.25, 0.3) is 0 Å². The molecule has 0 bridgehead atoms. The topological polar surface area (TPSA) is 53.6 Å². The average molecular weight is 254 g/mol. The third kappa shape index (κ3) is 2.76. The van der Waals surface area contributed by atoms with Crippen molar-refractivity contribution in [2.45, 2.75) is 26.8 Å². The number of nitrogens with zero attached hydrogens (tertiary/aromatic N) is 3. The minimum Gasteiger partial charge on any atom is -0.378 e. The third-order valence-corrected chi connectivity index (χ3v) is 3.26. The molecule has 1 unspecified atom stereocenters. The highest BCUT2D eigenvalue weighted by Gasteiger charge is 2.12. The van der Waals surface area contributed by atoms with Crippen molar-refractivity contribution in [1.82, 2.24) is 9.78 Å². The first-order valence-corrected chi connectivity index (χ1v) is 6.28. The molecule has 98 valence electrons. The van der Waals surface area contributed by atoms with E-state index in [0.29, 0.717) is 5.56 Å². The van der Waals surface area contributed by atoms with E-state index in [4.69, 9.17) is 5.26 Å². The first-order valence-electron chi connectivity index (χ1n) is 6.28. The van der Waals surface area contributed by atoms with Crippen LogP contribution in [0.15, 0.2) is 24.4 Å². The van der Waals surface area contributed by atoms with Gasteiger partial charge in [-0.15, -0.1) is 0 Å². The van der Waals surface area contributed by atoms with Crippen molar-refractivity contribution in [3.8, 4) is 6.07 Å². The number of hydrogen-bond acceptors (Lipinski definition) is 3. The molecule has 0 fully saturated rings. The second kappa shape index (κ2) is 5.15. The molecule has 0 aliphatic carbocycles. The van der Waals surface area contributed by atoms with Gasteiger partial charge in [0.05, 0.1) is 23.4 Å². The Labute approximate surface area is 113 Å². The van der Waals surface area contributed by atoms with Crippen molar-refractivity contribution in [3.63, 3.8) is 0 Å². The molecule has 0 spiro atoms. The summed E-state index contributed by atoms with van der Waals surface area (Å²) in [6.07, 6.45) is 2.02. The normalized spacial score (nSPS) is 11.9. The van der Waals surface area contributed by atoms with E-state index in [2.05, 4.69) is 23.4 Å². The zero-order chi connectivity index (χ0) is 14.0. The standard InChI is InChI=1S/C15H18N4/c1-10-5-6-13(8-16)7-15(10)17-11(2)14-9-19(4)18-12(14)3/h5-7,9,11,17H,1-4H3. The molecule has 0 aliphatic heterocycles. The number of nitriles is 1. The maximum absolute atomic E-state index is 8.96. The van der Waals surface area contributed by atoms with E-state index >= 15 is 0 Å². The molecule has 0 amide bonds. The maximum Gasteiger partial charge on any atom is 0.0992 e. The van der Waals surface area contributed by atoms with Crippen LogP contribution in [0.5, 0.6) is 0 Å². The fourth-order valence-corrected chi connectivity index (χ4v) is 2.20. The van der Waals surface area contributed by atoms with Crippen LogP contribution in [0.2, 0.25) is 0 Å². The van der Waals surface area contributed by atoms with E-state index in [0.717, 1.165) is 16.9 Å². The first kappa shape index (κ1) is 13.2. The van der Waals surface area contributed by atoms with Crippen molar-refractivity contribution in [2.24, 2.45) is 7.05 Å². The second-order valence-corrected chi connectivity index (χ2v) is 4.85. The summed E-state index contributed by atoms with van der Waals surface area (Å²) >= 11 is 0. The lowest BCUT2D eigenvalue weighted by Gasteiger charge is -2.16. The Bertz CT molecular complexity index is 634. The number of rotatable bonds is 3. The molecule has 2 aromatic rings. The molecule has 1 heterocycles. The molecular formula is C15H18N4. The number of anilines is 1. The van der Waals surface area contributed by atoms with Crippen LogP contribution in [-0.4, -0.2) is 9.78 Å². The summed E-state index contributed by atoms with van der Waals surface area (Å²) in [5.74, 6) is 0. The molecule has 1 N–H and O–H groups in total. The quantitative estimate of drug-likeness (QED) is 0.915. The van der Waals surface area contributed by atoms with Gasteiger partial charge in [0.25, 0.3) is 0 Å². The molecule has 4 nitrogen and oxygen atoms in total. The fraction of sp³-hybridized carbons (Fsp3) is 0.333. The summed E-state index contributed by atoms with van der Waals surface area (Å²) < 4.78 is 1.82. The van der Waals surface area contributed by atoms with Gasteiger partial charge < -0.3 is 5.32 Å². The van der Waals surface area contributed by atoms with E-state index < -0.39 is 0 Å². The van der Waals surface area contributed by atoms with Crippen LogP contribution < -0.4 is 5.32 Å². The Kier molecular flexibility index (Phi) is 3.57. The summed E-state index contributed by atoms with van der Waals surface area (Å²) in [4.78, 5) is 0. The van der Waals surface area contributed by atoms with Crippen LogP contribution in [0.3, 0.4) is 0 Å². The van der Waals surface area contributed by atoms with Crippen molar-refractivity contribution in [1.29, 1.82) is 5.26 Å². The maximum atomic E-state index is 8.96. The van der Waals surface area contributed by atoms with E-state index in [1.807, 2.05) is 50.0 Å². The van der Waals surface area contributed by atoms with Gasteiger partial charge in [0.2, 0.25) is 0 Å². The van der Waals surface area contributed by atoms with Crippen LogP contribution in [0, 0.1) is 25.2 Å². The van der Waals surface area contributed by atoms with E-state index in [1.165, 1.54) is 5.56 Å². The van der Waals surface area contributed by atoms with Gasteiger partial charge in [-0.05, 0) is 38.5 Å². The molecule has 1 aromatic carbocycles. The van der Waals surface area contributed by atoms with Gasteiger partial charge in [0, 0.05) is 24.5 Å². The van der Waals surface area contributed by atoms with E-state index in [1.54, 1.807) is 0 Å². The Morgan fingerprint density at radius 1 is 1.37 bits per heavy atom. The Hall–Kier alpha value is -2.28. The smallest absolute Gasteiger partial charge is 0.0992 e. The summed E-state index contributed by atoms with van der Waals surface area (Å²) in [5, 5.41) is 16.8. The van der Waals surface area contributed by atoms with Crippen LogP contribution in [0.4, 0.5) is 5.69 Å². The number of nitrogens with one attached hydrogen (secondary N) is 1. The highest BCUT2D eigenvalue weighted by molar-refractivity contribution is 5.56. The predicted molar refractivity (Wildman–Crippen MR) is 75.9 cm³/mol. The van der Waals surface area contributed by atoms with Crippen LogP contribution in [-0.2, 0) is 7.05 Å². The van der Waals surface area contributed by atoms with Gasteiger partial charge in [-0.2, -0.15) is 10.4 Å². The van der Waals surface area contributed by atoms with Gasteiger partial charge in [-0.1, -0.05) is 6.07 Å². The van der Waals surface area contributed by atoms with E-state index in [-0.39, 0.29) is 6.04 Å². The van der Waals surface area contributed by atoms with Gasteiger partial charge >= 0.3 is 0 Å². The molecule has 0 radical (unpaired) electrons. The minimum atomic E-state index is 0.154. The molecule has 0 saturated heterocycles. The number of hydrogen-bond donors (Lipinski definition) is 1. The average Bonchev–Trinajstić information content (AvgIpc) is 2.71. The summed E-state index contributed by atoms with van der Waals surface area (Å²) in [6, 6.07) is 8.00. The lowest BCUT2D eigenvalue weighted by molar-refractivity contribution is 0.756. The number of aromatic nitrogens is 2. The second-order valence-electron chi connectivity index (χ2n) is 4.85. The lowest BCUT2D eigenvalue weighted by Crippen LogP contribution is -2.08. The van der Waals surface area contributed by atoms with Gasteiger partial charge in [0.15, 0.2) is 0 Å². The molecule has 0 aliphatic rings. The number of benzene rings is 1. The summed E-state index contributed by atoms with van der Waals surface area (Å²) in [7, 11) is 1.92. The van der Waals surface area contributed by atoms with Crippen molar-refractivity contribution < 1.29 is 0 Å². The largest absolute Gasteiger partial charge is 0.378 e. The summed E-state index contributed by atoms with van der Waals surface area (Å²) in [5.41, 5.74) is 4.99. The third-order valence-electron chi connectivity index (χ3n) is 3.26. The number of aryl methyl sites for hydroxylation is 3. The SMILES string of the molecule is Cc1ccc(C#N)cc1NC(C)c1cn(C)nc1C. The van der Waals surface area contributed by atoms with Crippen molar-refractivity contribution in [2.75, 3.05) is 5.32 Å². The Morgan fingerprint density at radius 2 is 2.11 bits per heavy atom.